The minimum atomic E-state index is 0.0936. The van der Waals surface area contributed by atoms with Crippen molar-refractivity contribution in [1.82, 2.24) is 9.97 Å². The zero-order chi connectivity index (χ0) is 14.4. The molecule has 2 heterocycles. The van der Waals surface area contributed by atoms with Crippen LogP contribution in [0.25, 0.3) is 0 Å². The van der Waals surface area contributed by atoms with E-state index >= 15 is 0 Å². The summed E-state index contributed by atoms with van der Waals surface area (Å²) >= 11 is 1.65. The van der Waals surface area contributed by atoms with Crippen molar-refractivity contribution in [1.29, 1.82) is 5.26 Å². The summed E-state index contributed by atoms with van der Waals surface area (Å²) in [5, 5.41) is 9.81. The van der Waals surface area contributed by atoms with E-state index in [1.54, 1.807) is 11.8 Å². The fourth-order valence-electron chi connectivity index (χ4n) is 2.26. The number of hydrogen-bond donors (Lipinski definition) is 1. The highest BCUT2D eigenvalue weighted by molar-refractivity contribution is 7.99. The minimum Gasteiger partial charge on any atom is -0.383 e. The topological polar surface area (TPSA) is 78.8 Å². The lowest BCUT2D eigenvalue weighted by molar-refractivity contribution is 0.489. The molecule has 6 heteroatoms. The molecule has 1 aromatic heterocycles. The van der Waals surface area contributed by atoms with Crippen molar-refractivity contribution >= 4 is 23.4 Å². The van der Waals surface area contributed by atoms with Crippen LogP contribution >= 0.6 is 11.8 Å². The number of thioether (sulfide) groups is 1. The Morgan fingerprint density at radius 2 is 2.40 bits per heavy atom. The summed E-state index contributed by atoms with van der Waals surface area (Å²) in [6.45, 7) is 3.85. The molecule has 0 unspecified atom stereocenters. The van der Waals surface area contributed by atoms with Gasteiger partial charge in [-0.25, -0.2) is 9.97 Å². The van der Waals surface area contributed by atoms with Crippen LogP contribution in [0.2, 0.25) is 0 Å². The van der Waals surface area contributed by atoms with Crippen LogP contribution < -0.4 is 10.6 Å². The van der Waals surface area contributed by atoms with Gasteiger partial charge in [0.15, 0.2) is 5.16 Å². The first kappa shape index (κ1) is 14.9. The number of unbranched alkanes of at least 4 members (excludes halogenated alkanes) is 1. The van der Waals surface area contributed by atoms with E-state index < -0.39 is 0 Å². The standard InChI is InChI=1S/C14H21N5S/c1-2-3-7-20-14-17-12(16)8-13(18-14)19-6-4-5-11(9-15)10-19/h8,11H,2-7,10H2,1H3,(H2,16,17,18)/t11-/m0/s1. The lowest BCUT2D eigenvalue weighted by atomic mass is 10.00. The number of nitrogen functional groups attached to an aromatic ring is 1. The average Bonchev–Trinajstić information content (AvgIpc) is 2.47. The molecular weight excluding hydrogens is 270 g/mol. The second kappa shape index (κ2) is 7.34. The molecule has 0 bridgehead atoms. The molecule has 1 saturated heterocycles. The lowest BCUT2D eigenvalue weighted by Crippen LogP contribution is -2.35. The Labute approximate surface area is 124 Å². The van der Waals surface area contributed by atoms with Crippen LogP contribution in [0, 0.1) is 17.2 Å². The number of nitriles is 1. The molecule has 0 saturated carbocycles. The van der Waals surface area contributed by atoms with E-state index in [9.17, 15) is 0 Å². The number of piperidine rings is 1. The van der Waals surface area contributed by atoms with Crippen molar-refractivity contribution in [3.8, 4) is 6.07 Å². The number of hydrogen-bond acceptors (Lipinski definition) is 6. The third kappa shape index (κ3) is 4.01. The third-order valence-corrected chi connectivity index (χ3v) is 4.30. The van der Waals surface area contributed by atoms with E-state index in [2.05, 4.69) is 27.9 Å². The van der Waals surface area contributed by atoms with Gasteiger partial charge in [-0.2, -0.15) is 5.26 Å². The normalized spacial score (nSPS) is 18.8. The second-order valence-electron chi connectivity index (χ2n) is 5.05. The summed E-state index contributed by atoms with van der Waals surface area (Å²) in [4.78, 5) is 11.0. The highest BCUT2D eigenvalue weighted by Gasteiger charge is 2.21. The van der Waals surface area contributed by atoms with Crippen LogP contribution in [0.1, 0.15) is 32.6 Å². The molecule has 1 aliphatic rings. The highest BCUT2D eigenvalue weighted by Crippen LogP contribution is 2.25. The number of anilines is 2. The van der Waals surface area contributed by atoms with Gasteiger partial charge < -0.3 is 10.6 Å². The van der Waals surface area contributed by atoms with E-state index in [0.29, 0.717) is 5.82 Å². The van der Waals surface area contributed by atoms with Gasteiger partial charge in [-0.05, 0) is 19.3 Å². The first-order valence-electron chi connectivity index (χ1n) is 7.15. The summed E-state index contributed by atoms with van der Waals surface area (Å²) in [6.07, 6.45) is 4.32. The van der Waals surface area contributed by atoms with E-state index in [-0.39, 0.29) is 5.92 Å². The maximum atomic E-state index is 9.07. The van der Waals surface area contributed by atoms with Crippen molar-refractivity contribution in [2.45, 2.75) is 37.8 Å². The van der Waals surface area contributed by atoms with E-state index in [4.69, 9.17) is 11.0 Å². The third-order valence-electron chi connectivity index (χ3n) is 3.37. The first-order valence-corrected chi connectivity index (χ1v) is 8.13. The molecule has 1 aliphatic heterocycles. The van der Waals surface area contributed by atoms with Gasteiger partial charge in [-0.15, -0.1) is 0 Å². The van der Waals surface area contributed by atoms with Gasteiger partial charge in [0.1, 0.15) is 11.6 Å². The maximum absolute atomic E-state index is 9.07. The SMILES string of the molecule is CCCCSc1nc(N)cc(N2CCC[C@@H](C#N)C2)n1. The molecule has 20 heavy (non-hydrogen) atoms. The summed E-state index contributed by atoms with van der Waals surface area (Å²) in [6, 6.07) is 4.16. The zero-order valence-corrected chi connectivity index (χ0v) is 12.7. The van der Waals surface area contributed by atoms with Crippen LogP contribution in [0.4, 0.5) is 11.6 Å². The molecule has 0 radical (unpaired) electrons. The largest absolute Gasteiger partial charge is 0.383 e. The molecule has 108 valence electrons. The Morgan fingerprint density at radius 1 is 1.55 bits per heavy atom. The Hall–Kier alpha value is -1.48. The van der Waals surface area contributed by atoms with Crippen molar-refractivity contribution in [2.24, 2.45) is 5.92 Å². The molecule has 0 aliphatic carbocycles. The molecule has 1 aromatic rings. The number of aromatic nitrogens is 2. The Morgan fingerprint density at radius 3 is 3.15 bits per heavy atom. The monoisotopic (exact) mass is 291 g/mol. The molecule has 1 atom stereocenters. The smallest absolute Gasteiger partial charge is 0.191 e. The molecule has 0 amide bonds. The van der Waals surface area contributed by atoms with Crippen LogP contribution in [0.3, 0.4) is 0 Å². The number of nitrogens with two attached hydrogens (primary N) is 1. The zero-order valence-electron chi connectivity index (χ0n) is 11.9. The quantitative estimate of drug-likeness (QED) is 0.510. The fourth-order valence-corrected chi connectivity index (χ4v) is 3.20. The predicted molar refractivity (Wildman–Crippen MR) is 82.6 cm³/mol. The van der Waals surface area contributed by atoms with Gasteiger partial charge in [0, 0.05) is 24.9 Å². The van der Waals surface area contributed by atoms with Crippen LogP contribution in [-0.4, -0.2) is 28.8 Å². The van der Waals surface area contributed by atoms with Gasteiger partial charge in [-0.1, -0.05) is 25.1 Å². The van der Waals surface area contributed by atoms with Crippen LogP contribution in [-0.2, 0) is 0 Å². The molecule has 0 spiro atoms. The molecular formula is C14H21N5S. The van der Waals surface area contributed by atoms with Crippen molar-refractivity contribution < 1.29 is 0 Å². The van der Waals surface area contributed by atoms with Gasteiger partial charge in [-0.3, -0.25) is 0 Å². The summed E-state index contributed by atoms with van der Waals surface area (Å²) < 4.78 is 0. The molecule has 2 rings (SSSR count). The van der Waals surface area contributed by atoms with E-state index in [1.807, 2.05) is 6.07 Å². The Kier molecular flexibility index (Phi) is 5.48. The van der Waals surface area contributed by atoms with Gasteiger partial charge >= 0.3 is 0 Å². The average molecular weight is 291 g/mol. The van der Waals surface area contributed by atoms with Crippen molar-refractivity contribution in [2.75, 3.05) is 29.5 Å². The highest BCUT2D eigenvalue weighted by atomic mass is 32.2. The summed E-state index contributed by atoms with van der Waals surface area (Å²) in [7, 11) is 0. The predicted octanol–water partition coefficient (Wildman–Crippen LogP) is 2.69. The van der Waals surface area contributed by atoms with Crippen LogP contribution in [0.15, 0.2) is 11.2 Å². The minimum absolute atomic E-state index is 0.0936. The van der Waals surface area contributed by atoms with Gasteiger partial charge in [0.2, 0.25) is 0 Å². The van der Waals surface area contributed by atoms with Crippen LogP contribution in [0.5, 0.6) is 0 Å². The maximum Gasteiger partial charge on any atom is 0.191 e. The van der Waals surface area contributed by atoms with Gasteiger partial charge in [0.05, 0.1) is 12.0 Å². The van der Waals surface area contributed by atoms with Crippen molar-refractivity contribution in [3.05, 3.63) is 6.07 Å². The number of rotatable bonds is 5. The molecule has 5 nitrogen and oxygen atoms in total. The first-order chi connectivity index (χ1) is 9.72. The Balaban J connectivity index is 2.08. The number of nitrogens with zero attached hydrogens (tertiary/aromatic N) is 4. The second-order valence-corrected chi connectivity index (χ2v) is 6.11. The molecule has 2 N–H and O–H groups in total. The fraction of sp³-hybridized carbons (Fsp3) is 0.643. The van der Waals surface area contributed by atoms with Crippen molar-refractivity contribution in [3.63, 3.8) is 0 Å². The van der Waals surface area contributed by atoms with E-state index in [0.717, 1.165) is 55.5 Å². The molecule has 1 fully saturated rings. The lowest BCUT2D eigenvalue weighted by Gasteiger charge is -2.30. The Bertz CT molecular complexity index is 485. The summed E-state index contributed by atoms with van der Waals surface area (Å²) in [5.41, 5.74) is 5.88. The van der Waals surface area contributed by atoms with Gasteiger partial charge in [0.25, 0.3) is 0 Å². The molecule has 0 aromatic carbocycles. The van der Waals surface area contributed by atoms with E-state index in [1.165, 1.54) is 0 Å². The summed E-state index contributed by atoms with van der Waals surface area (Å²) in [5.74, 6) is 2.47.